The second-order valence-electron chi connectivity index (χ2n) is 9.89. The summed E-state index contributed by atoms with van der Waals surface area (Å²) in [7, 11) is 0. The van der Waals surface area contributed by atoms with Crippen molar-refractivity contribution in [2.24, 2.45) is 11.8 Å². The molecule has 33 heavy (non-hydrogen) atoms. The van der Waals surface area contributed by atoms with Gasteiger partial charge in [0.1, 0.15) is 0 Å². The van der Waals surface area contributed by atoms with Gasteiger partial charge in [-0.15, -0.1) is 0 Å². The highest BCUT2D eigenvalue weighted by Gasteiger charge is 2.27. The summed E-state index contributed by atoms with van der Waals surface area (Å²) in [6.07, 6.45) is 7.66. The number of hydrogen-bond acceptors (Lipinski definition) is 2. The Morgan fingerprint density at radius 1 is 0.758 bits per heavy atom. The van der Waals surface area contributed by atoms with Crippen LogP contribution in [0.1, 0.15) is 88.2 Å². The first-order valence-electron chi connectivity index (χ1n) is 12.5. The van der Waals surface area contributed by atoms with E-state index in [9.17, 15) is 13.2 Å². The van der Waals surface area contributed by atoms with Gasteiger partial charge in [0.05, 0.1) is 13.2 Å². The van der Waals surface area contributed by atoms with Crippen molar-refractivity contribution in [3.63, 3.8) is 0 Å². The predicted octanol–water partition coefficient (Wildman–Crippen LogP) is 8.15. The predicted molar refractivity (Wildman–Crippen MR) is 124 cm³/mol. The lowest BCUT2D eigenvalue weighted by atomic mass is 9.79. The molecule has 2 saturated carbocycles. The van der Waals surface area contributed by atoms with Crippen LogP contribution >= 0.6 is 0 Å². The van der Waals surface area contributed by atoms with Gasteiger partial charge in [-0.2, -0.15) is 4.39 Å². The second-order valence-corrected chi connectivity index (χ2v) is 9.89. The molecule has 2 nitrogen and oxygen atoms in total. The molecular formula is C28H35F3O2. The SMILES string of the molecule is CCOc1ccc(C2CCC(COc3ccc(C4CCC(C)CC4)c(F)c3F)CC2)cc1F. The maximum absolute atomic E-state index is 14.8. The van der Waals surface area contributed by atoms with Crippen molar-refractivity contribution in [3.05, 3.63) is 58.9 Å². The molecule has 0 bridgehead atoms. The Balaban J connectivity index is 1.30. The molecule has 0 radical (unpaired) electrons. The van der Waals surface area contributed by atoms with Gasteiger partial charge < -0.3 is 9.47 Å². The van der Waals surface area contributed by atoms with Gasteiger partial charge in [-0.1, -0.05) is 31.9 Å². The van der Waals surface area contributed by atoms with Crippen LogP contribution in [-0.4, -0.2) is 13.2 Å². The molecular weight excluding hydrogens is 425 g/mol. The summed E-state index contributed by atoms with van der Waals surface area (Å²) in [5, 5.41) is 0. The van der Waals surface area contributed by atoms with Crippen molar-refractivity contribution >= 4 is 0 Å². The van der Waals surface area contributed by atoms with Crippen LogP contribution < -0.4 is 9.47 Å². The van der Waals surface area contributed by atoms with Crippen molar-refractivity contribution in [1.29, 1.82) is 0 Å². The lowest BCUT2D eigenvalue weighted by Crippen LogP contribution is -2.20. The average Bonchev–Trinajstić information content (AvgIpc) is 2.82. The van der Waals surface area contributed by atoms with E-state index >= 15 is 0 Å². The zero-order valence-corrected chi connectivity index (χ0v) is 19.7. The molecule has 0 unspecified atom stereocenters. The molecule has 2 aliphatic rings. The minimum Gasteiger partial charge on any atom is -0.491 e. The summed E-state index contributed by atoms with van der Waals surface area (Å²) in [6.45, 7) is 4.87. The summed E-state index contributed by atoms with van der Waals surface area (Å²) in [4.78, 5) is 0. The van der Waals surface area contributed by atoms with Gasteiger partial charge >= 0.3 is 0 Å². The van der Waals surface area contributed by atoms with Crippen LogP contribution in [0.25, 0.3) is 0 Å². The Morgan fingerprint density at radius 2 is 1.42 bits per heavy atom. The molecule has 0 heterocycles. The van der Waals surface area contributed by atoms with Gasteiger partial charge in [0.25, 0.3) is 0 Å². The molecule has 0 aromatic heterocycles. The van der Waals surface area contributed by atoms with Crippen LogP contribution in [0.3, 0.4) is 0 Å². The summed E-state index contributed by atoms with van der Waals surface area (Å²) in [5.74, 6) is -0.249. The monoisotopic (exact) mass is 460 g/mol. The largest absolute Gasteiger partial charge is 0.491 e. The van der Waals surface area contributed by atoms with E-state index in [4.69, 9.17) is 9.47 Å². The summed E-state index contributed by atoms with van der Waals surface area (Å²) >= 11 is 0. The smallest absolute Gasteiger partial charge is 0.200 e. The topological polar surface area (TPSA) is 18.5 Å². The molecule has 180 valence electrons. The third-order valence-electron chi connectivity index (χ3n) is 7.58. The first-order valence-corrected chi connectivity index (χ1v) is 12.5. The Bertz CT molecular complexity index is 929. The molecule has 2 aromatic rings. The van der Waals surface area contributed by atoms with Crippen molar-refractivity contribution in [1.82, 2.24) is 0 Å². The van der Waals surface area contributed by atoms with Crippen molar-refractivity contribution < 1.29 is 22.6 Å². The Labute approximate surface area is 195 Å². The summed E-state index contributed by atoms with van der Waals surface area (Å²) in [5.41, 5.74) is 1.49. The maximum Gasteiger partial charge on any atom is 0.200 e. The van der Waals surface area contributed by atoms with E-state index < -0.39 is 11.6 Å². The summed E-state index contributed by atoms with van der Waals surface area (Å²) in [6, 6.07) is 8.55. The molecule has 2 fully saturated rings. The third kappa shape index (κ3) is 5.67. The van der Waals surface area contributed by atoms with Gasteiger partial charge in [-0.25, -0.2) is 8.78 Å². The molecule has 0 N–H and O–H groups in total. The fourth-order valence-corrected chi connectivity index (χ4v) is 5.46. The number of halogens is 3. The van der Waals surface area contributed by atoms with Gasteiger partial charge in [-0.05, 0) is 98.4 Å². The minimum atomic E-state index is -0.857. The molecule has 2 aromatic carbocycles. The fraction of sp³-hybridized carbons (Fsp3) is 0.571. The molecule has 2 aliphatic carbocycles. The van der Waals surface area contributed by atoms with Crippen LogP contribution in [0.5, 0.6) is 11.5 Å². The maximum atomic E-state index is 14.8. The van der Waals surface area contributed by atoms with Crippen molar-refractivity contribution in [2.75, 3.05) is 13.2 Å². The van der Waals surface area contributed by atoms with Gasteiger partial charge in [0.15, 0.2) is 23.1 Å². The van der Waals surface area contributed by atoms with Crippen LogP contribution in [0, 0.1) is 29.3 Å². The van der Waals surface area contributed by atoms with Gasteiger partial charge in [0, 0.05) is 0 Å². The number of benzene rings is 2. The van der Waals surface area contributed by atoms with E-state index in [0.717, 1.165) is 56.9 Å². The Hall–Kier alpha value is -2.17. The molecule has 5 heteroatoms. The van der Waals surface area contributed by atoms with Crippen LogP contribution in [0.4, 0.5) is 13.2 Å². The highest BCUT2D eigenvalue weighted by Crippen LogP contribution is 2.40. The highest BCUT2D eigenvalue weighted by molar-refractivity contribution is 5.34. The lowest BCUT2D eigenvalue weighted by molar-refractivity contribution is 0.192. The Morgan fingerprint density at radius 3 is 2.09 bits per heavy atom. The quantitative estimate of drug-likeness (QED) is 0.415. The van der Waals surface area contributed by atoms with Crippen molar-refractivity contribution in [3.8, 4) is 11.5 Å². The van der Waals surface area contributed by atoms with Crippen LogP contribution in [0.15, 0.2) is 30.3 Å². The van der Waals surface area contributed by atoms with E-state index in [1.165, 1.54) is 0 Å². The fourth-order valence-electron chi connectivity index (χ4n) is 5.46. The zero-order valence-electron chi connectivity index (χ0n) is 19.7. The van der Waals surface area contributed by atoms with Gasteiger partial charge in [-0.3, -0.25) is 0 Å². The van der Waals surface area contributed by atoms with Crippen LogP contribution in [-0.2, 0) is 0 Å². The van der Waals surface area contributed by atoms with Crippen LogP contribution in [0.2, 0.25) is 0 Å². The number of hydrogen-bond donors (Lipinski definition) is 0. The van der Waals surface area contributed by atoms with Gasteiger partial charge in [0.2, 0.25) is 5.82 Å². The normalized spacial score (nSPS) is 25.6. The molecule has 0 atom stereocenters. The molecule has 0 saturated heterocycles. The second kappa shape index (κ2) is 10.8. The van der Waals surface area contributed by atoms with E-state index in [1.54, 1.807) is 24.3 Å². The third-order valence-corrected chi connectivity index (χ3v) is 7.58. The standard InChI is InChI=1S/C28H35F3O2/c1-3-32-25-14-12-22(16-24(25)29)20-10-6-19(7-11-20)17-33-26-15-13-23(27(30)28(26)31)21-8-4-18(2)5-9-21/h12-16,18-21H,3-11,17H2,1-2H3. The van der Waals surface area contributed by atoms with E-state index in [2.05, 4.69) is 6.92 Å². The average molecular weight is 461 g/mol. The number of ether oxygens (including phenoxy) is 2. The minimum absolute atomic E-state index is 0.0103. The first kappa shape index (κ1) is 24.0. The first-order chi connectivity index (χ1) is 16.0. The summed E-state index contributed by atoms with van der Waals surface area (Å²) < 4.78 is 54.7. The van der Waals surface area contributed by atoms with Crippen molar-refractivity contribution in [2.45, 2.75) is 77.0 Å². The molecule has 0 aliphatic heterocycles. The Kier molecular flexibility index (Phi) is 7.87. The highest BCUT2D eigenvalue weighted by atomic mass is 19.2. The van der Waals surface area contributed by atoms with E-state index in [0.29, 0.717) is 36.4 Å². The molecule has 0 spiro atoms. The lowest BCUT2D eigenvalue weighted by Gasteiger charge is -2.29. The molecule has 4 rings (SSSR count). The number of rotatable bonds is 7. The van der Waals surface area contributed by atoms with E-state index in [-0.39, 0.29) is 23.4 Å². The molecule has 0 amide bonds. The van der Waals surface area contributed by atoms with E-state index in [1.807, 2.05) is 13.0 Å². The zero-order chi connectivity index (χ0) is 23.4.